The molecule has 1 amide bonds. The first-order valence-electron chi connectivity index (χ1n) is 9.85. The SMILES string of the molecule is COc1cccc(N(C(C)C(=O)NC(c2ccccc2)c2ccccc2)S(C)(=O)=O)c1. The van der Waals surface area contributed by atoms with Crippen LogP contribution in [0.25, 0.3) is 0 Å². The van der Waals surface area contributed by atoms with Crippen LogP contribution in [0.4, 0.5) is 5.69 Å². The monoisotopic (exact) mass is 438 g/mol. The van der Waals surface area contributed by atoms with Crippen LogP contribution in [0.15, 0.2) is 84.9 Å². The van der Waals surface area contributed by atoms with Crippen LogP contribution in [-0.4, -0.2) is 33.7 Å². The van der Waals surface area contributed by atoms with E-state index in [1.165, 1.54) is 7.11 Å². The molecule has 3 aromatic carbocycles. The molecular weight excluding hydrogens is 412 g/mol. The summed E-state index contributed by atoms with van der Waals surface area (Å²) >= 11 is 0. The van der Waals surface area contributed by atoms with Crippen molar-refractivity contribution in [1.29, 1.82) is 0 Å². The first kappa shape index (κ1) is 22.4. The Morgan fingerprint density at radius 1 is 0.903 bits per heavy atom. The number of hydrogen-bond acceptors (Lipinski definition) is 4. The van der Waals surface area contributed by atoms with Crippen molar-refractivity contribution in [3.8, 4) is 5.75 Å². The van der Waals surface area contributed by atoms with E-state index in [1.807, 2.05) is 60.7 Å². The van der Waals surface area contributed by atoms with E-state index < -0.39 is 28.0 Å². The number of hydrogen-bond donors (Lipinski definition) is 1. The number of rotatable bonds is 8. The van der Waals surface area contributed by atoms with Crippen molar-refractivity contribution in [2.75, 3.05) is 17.7 Å². The van der Waals surface area contributed by atoms with Gasteiger partial charge in [-0.15, -0.1) is 0 Å². The summed E-state index contributed by atoms with van der Waals surface area (Å²) in [6, 6.07) is 24.4. The number of nitrogens with one attached hydrogen (secondary N) is 1. The molecule has 0 aliphatic rings. The standard InChI is InChI=1S/C24H26N2O4S/c1-18(26(31(3,28)29)21-15-10-16-22(17-21)30-2)24(27)25-23(19-11-6-4-7-12-19)20-13-8-5-9-14-20/h4-18,23H,1-3H3,(H,25,27). The van der Waals surface area contributed by atoms with Crippen LogP contribution in [0, 0.1) is 0 Å². The van der Waals surface area contributed by atoms with E-state index in [0.717, 1.165) is 21.7 Å². The maximum atomic E-state index is 13.3. The number of nitrogens with zero attached hydrogens (tertiary/aromatic N) is 1. The quantitative estimate of drug-likeness (QED) is 0.581. The van der Waals surface area contributed by atoms with Gasteiger partial charge in [0.25, 0.3) is 0 Å². The van der Waals surface area contributed by atoms with Crippen LogP contribution in [0.3, 0.4) is 0 Å². The first-order valence-corrected chi connectivity index (χ1v) is 11.7. The van der Waals surface area contributed by atoms with E-state index in [2.05, 4.69) is 5.32 Å². The second-order valence-electron chi connectivity index (χ2n) is 7.20. The van der Waals surface area contributed by atoms with Gasteiger partial charge >= 0.3 is 0 Å². The predicted octanol–water partition coefficient (Wildman–Crippen LogP) is 3.76. The van der Waals surface area contributed by atoms with Crippen LogP contribution in [0.1, 0.15) is 24.1 Å². The lowest BCUT2D eigenvalue weighted by atomic mass is 9.98. The molecule has 6 nitrogen and oxygen atoms in total. The van der Waals surface area contributed by atoms with Crippen molar-refractivity contribution in [2.45, 2.75) is 19.0 Å². The zero-order valence-corrected chi connectivity index (χ0v) is 18.5. The number of sulfonamides is 1. The molecule has 0 fully saturated rings. The van der Waals surface area contributed by atoms with E-state index in [4.69, 9.17) is 4.74 Å². The topological polar surface area (TPSA) is 75.7 Å². The van der Waals surface area contributed by atoms with Crippen molar-refractivity contribution in [3.05, 3.63) is 96.1 Å². The minimum atomic E-state index is -3.74. The Bertz CT molecular complexity index is 1080. The largest absolute Gasteiger partial charge is 0.497 e. The summed E-state index contributed by atoms with van der Waals surface area (Å²) in [6.07, 6.45) is 1.09. The maximum absolute atomic E-state index is 13.3. The minimum Gasteiger partial charge on any atom is -0.497 e. The van der Waals surface area contributed by atoms with Gasteiger partial charge in [-0.1, -0.05) is 66.7 Å². The van der Waals surface area contributed by atoms with Gasteiger partial charge in [0.15, 0.2) is 0 Å². The lowest BCUT2D eigenvalue weighted by Crippen LogP contribution is -2.48. The fourth-order valence-corrected chi connectivity index (χ4v) is 4.64. The molecule has 0 radical (unpaired) electrons. The third-order valence-electron chi connectivity index (χ3n) is 4.95. The van der Waals surface area contributed by atoms with E-state index in [-0.39, 0.29) is 0 Å². The molecular formula is C24H26N2O4S. The smallest absolute Gasteiger partial charge is 0.244 e. The molecule has 162 valence electrons. The van der Waals surface area contributed by atoms with Crippen LogP contribution in [0.2, 0.25) is 0 Å². The van der Waals surface area contributed by atoms with Gasteiger partial charge in [-0.2, -0.15) is 0 Å². The summed E-state index contributed by atoms with van der Waals surface area (Å²) in [5, 5.41) is 3.02. The molecule has 31 heavy (non-hydrogen) atoms. The molecule has 1 N–H and O–H groups in total. The van der Waals surface area contributed by atoms with Gasteiger partial charge in [-0.25, -0.2) is 8.42 Å². The number of anilines is 1. The summed E-state index contributed by atoms with van der Waals surface area (Å²) < 4.78 is 31.5. The van der Waals surface area contributed by atoms with E-state index in [0.29, 0.717) is 11.4 Å². The normalized spacial score (nSPS) is 12.3. The Kier molecular flexibility index (Phi) is 6.97. The molecule has 1 atom stereocenters. The van der Waals surface area contributed by atoms with Gasteiger partial charge < -0.3 is 10.1 Å². The van der Waals surface area contributed by atoms with Crippen molar-refractivity contribution in [3.63, 3.8) is 0 Å². The van der Waals surface area contributed by atoms with Crippen LogP contribution in [-0.2, 0) is 14.8 Å². The Balaban J connectivity index is 1.94. The molecule has 0 saturated carbocycles. The van der Waals surface area contributed by atoms with Gasteiger partial charge in [-0.05, 0) is 30.2 Å². The lowest BCUT2D eigenvalue weighted by molar-refractivity contribution is -0.122. The highest BCUT2D eigenvalue weighted by Crippen LogP contribution is 2.27. The van der Waals surface area contributed by atoms with Crippen LogP contribution >= 0.6 is 0 Å². The Labute approximate surface area is 183 Å². The molecule has 0 aromatic heterocycles. The fraction of sp³-hybridized carbons (Fsp3) is 0.208. The summed E-state index contributed by atoms with van der Waals surface area (Å²) in [5.74, 6) is 0.0937. The van der Waals surface area contributed by atoms with E-state index in [9.17, 15) is 13.2 Å². The number of carbonyl (C=O) groups excluding carboxylic acids is 1. The predicted molar refractivity (Wildman–Crippen MR) is 123 cm³/mol. The molecule has 0 bridgehead atoms. The molecule has 1 unspecified atom stereocenters. The van der Waals surface area contributed by atoms with Crippen molar-refractivity contribution < 1.29 is 17.9 Å². The maximum Gasteiger partial charge on any atom is 0.244 e. The Hall–Kier alpha value is -3.32. The zero-order valence-electron chi connectivity index (χ0n) is 17.7. The molecule has 0 spiro atoms. The number of ether oxygens (including phenoxy) is 1. The number of benzene rings is 3. The number of amides is 1. The van der Waals surface area contributed by atoms with Crippen molar-refractivity contribution in [1.82, 2.24) is 5.32 Å². The average Bonchev–Trinajstić information content (AvgIpc) is 2.77. The van der Waals surface area contributed by atoms with Crippen molar-refractivity contribution in [2.24, 2.45) is 0 Å². The molecule has 7 heteroatoms. The Morgan fingerprint density at radius 3 is 1.94 bits per heavy atom. The third kappa shape index (κ3) is 5.44. The van der Waals surface area contributed by atoms with E-state index in [1.54, 1.807) is 31.2 Å². The molecule has 3 aromatic rings. The summed E-state index contributed by atoms with van der Waals surface area (Å²) in [4.78, 5) is 13.3. The highest BCUT2D eigenvalue weighted by atomic mass is 32.2. The average molecular weight is 439 g/mol. The second kappa shape index (κ2) is 9.66. The van der Waals surface area contributed by atoms with E-state index >= 15 is 0 Å². The second-order valence-corrected chi connectivity index (χ2v) is 9.06. The van der Waals surface area contributed by atoms with Crippen LogP contribution in [0.5, 0.6) is 5.75 Å². The summed E-state index contributed by atoms with van der Waals surface area (Å²) in [7, 11) is -2.23. The lowest BCUT2D eigenvalue weighted by Gasteiger charge is -2.30. The fourth-order valence-electron chi connectivity index (χ4n) is 3.47. The molecule has 0 aliphatic heterocycles. The van der Waals surface area contributed by atoms with Gasteiger partial charge in [-0.3, -0.25) is 9.10 Å². The highest BCUT2D eigenvalue weighted by molar-refractivity contribution is 7.92. The first-order chi connectivity index (χ1) is 14.8. The zero-order chi connectivity index (χ0) is 22.4. The minimum absolute atomic E-state index is 0.362. The Morgan fingerprint density at radius 2 is 1.45 bits per heavy atom. The summed E-state index contributed by atoms with van der Waals surface area (Å²) in [5.41, 5.74) is 2.17. The number of methoxy groups -OCH3 is 1. The van der Waals surface area contributed by atoms with Gasteiger partial charge in [0, 0.05) is 6.07 Å². The van der Waals surface area contributed by atoms with Gasteiger partial charge in [0.1, 0.15) is 11.8 Å². The molecule has 0 heterocycles. The summed E-state index contributed by atoms with van der Waals surface area (Å²) in [6.45, 7) is 1.57. The van der Waals surface area contributed by atoms with Gasteiger partial charge in [0.05, 0.1) is 25.1 Å². The molecule has 0 saturated heterocycles. The number of carbonyl (C=O) groups is 1. The highest BCUT2D eigenvalue weighted by Gasteiger charge is 2.31. The molecule has 0 aliphatic carbocycles. The van der Waals surface area contributed by atoms with Crippen molar-refractivity contribution >= 4 is 21.6 Å². The van der Waals surface area contributed by atoms with Gasteiger partial charge in [0.2, 0.25) is 15.9 Å². The van der Waals surface area contributed by atoms with Crippen LogP contribution < -0.4 is 14.4 Å². The third-order valence-corrected chi connectivity index (χ3v) is 6.19. The molecule has 3 rings (SSSR count).